The van der Waals surface area contributed by atoms with Crippen LogP contribution in [0, 0.1) is 0 Å². The minimum Gasteiger partial charge on any atom is -0.340 e. The quantitative estimate of drug-likeness (QED) is 0.422. The van der Waals surface area contributed by atoms with Crippen LogP contribution in [0.5, 0.6) is 0 Å². The van der Waals surface area contributed by atoms with Crippen molar-refractivity contribution in [3.8, 4) is 0 Å². The number of carbonyl (C=O) groups is 2. The van der Waals surface area contributed by atoms with Crippen molar-refractivity contribution in [2.24, 2.45) is 0 Å². The van der Waals surface area contributed by atoms with Crippen LogP contribution in [0.2, 0.25) is 0 Å². The minimum absolute atomic E-state index is 0.0189. The smallest absolute Gasteiger partial charge is 0.262 e. The van der Waals surface area contributed by atoms with Gasteiger partial charge in [-0.25, -0.2) is 4.98 Å². The topological polar surface area (TPSA) is 62.3 Å². The maximum atomic E-state index is 13.7. The van der Waals surface area contributed by atoms with Gasteiger partial charge in [0.2, 0.25) is 5.91 Å². The fraction of sp³-hybridized carbons (Fsp3) is 0.269. The van der Waals surface area contributed by atoms with Gasteiger partial charge >= 0.3 is 0 Å². The molecule has 168 valence electrons. The molecule has 1 fully saturated rings. The first-order valence-corrected chi connectivity index (χ1v) is 12.9. The molecule has 2 aromatic carbocycles. The van der Waals surface area contributed by atoms with Crippen molar-refractivity contribution >= 4 is 44.7 Å². The van der Waals surface area contributed by atoms with Crippen LogP contribution in [0.4, 0.5) is 0 Å². The normalized spacial score (nSPS) is 17.1. The molecular weight excluding hydrogens is 450 g/mol. The van der Waals surface area contributed by atoms with Gasteiger partial charge in [-0.15, -0.1) is 22.7 Å². The zero-order valence-electron chi connectivity index (χ0n) is 18.1. The Morgan fingerprint density at radius 2 is 1.88 bits per heavy atom. The SMILES string of the molecule is O=C(N[C@@H](Cc1ccccc1)C(=O)N1CCC[C@@H](c2nc3ccccc3s2)C1)c1cccs1. The molecule has 7 heteroatoms. The van der Waals surface area contributed by atoms with Crippen molar-refractivity contribution in [2.45, 2.75) is 31.2 Å². The molecule has 0 bridgehead atoms. The molecule has 2 amide bonds. The summed E-state index contributed by atoms with van der Waals surface area (Å²) in [4.78, 5) is 33.8. The molecular formula is C26H25N3O2S2. The number of likely N-dealkylation sites (tertiary alicyclic amines) is 1. The molecule has 5 nitrogen and oxygen atoms in total. The Morgan fingerprint density at radius 1 is 1.06 bits per heavy atom. The molecule has 1 aliphatic heterocycles. The second-order valence-corrected chi connectivity index (χ2v) is 10.3. The van der Waals surface area contributed by atoms with Gasteiger partial charge in [-0.1, -0.05) is 48.5 Å². The Hall–Kier alpha value is -3.03. The van der Waals surface area contributed by atoms with Gasteiger partial charge in [-0.2, -0.15) is 0 Å². The van der Waals surface area contributed by atoms with Gasteiger partial charge in [0.15, 0.2) is 0 Å². The number of aromatic nitrogens is 1. The summed E-state index contributed by atoms with van der Waals surface area (Å²) in [6.07, 6.45) is 2.43. The Labute approximate surface area is 201 Å². The molecule has 4 aromatic rings. The van der Waals surface area contributed by atoms with Gasteiger partial charge in [-0.05, 0) is 42.0 Å². The highest BCUT2D eigenvalue weighted by Crippen LogP contribution is 2.33. The number of rotatable bonds is 6. The average molecular weight is 476 g/mol. The lowest BCUT2D eigenvalue weighted by molar-refractivity contribution is -0.134. The highest BCUT2D eigenvalue weighted by molar-refractivity contribution is 7.18. The lowest BCUT2D eigenvalue weighted by Crippen LogP contribution is -2.51. The standard InChI is InChI=1S/C26H25N3O2S2/c30-24(23-13-7-15-32-23)27-21(16-18-8-2-1-3-9-18)26(31)29-14-6-10-19(17-29)25-28-20-11-4-5-12-22(20)33-25/h1-5,7-9,11-13,15,19,21H,6,10,14,16-17H2,(H,27,30)/t19-,21+/m1/s1. The van der Waals surface area contributed by atoms with Gasteiger partial charge < -0.3 is 10.2 Å². The molecule has 0 unspecified atom stereocenters. The third-order valence-corrected chi connectivity index (χ3v) is 8.09. The van der Waals surface area contributed by atoms with E-state index in [9.17, 15) is 9.59 Å². The van der Waals surface area contributed by atoms with Crippen molar-refractivity contribution in [1.29, 1.82) is 0 Å². The predicted octanol–water partition coefficient (Wildman–Crippen LogP) is 5.11. The lowest BCUT2D eigenvalue weighted by atomic mass is 9.97. The molecule has 0 radical (unpaired) electrons. The number of para-hydroxylation sites is 1. The third-order valence-electron chi connectivity index (χ3n) is 6.02. The third kappa shape index (κ3) is 4.99. The van der Waals surface area contributed by atoms with E-state index in [1.165, 1.54) is 16.0 Å². The first-order valence-electron chi connectivity index (χ1n) is 11.2. The average Bonchev–Trinajstić information content (AvgIpc) is 3.54. The highest BCUT2D eigenvalue weighted by atomic mass is 32.1. The molecule has 5 rings (SSSR count). The summed E-state index contributed by atoms with van der Waals surface area (Å²) < 4.78 is 1.18. The number of benzene rings is 2. The Balaban J connectivity index is 1.34. The molecule has 1 aliphatic rings. The van der Waals surface area contributed by atoms with Crippen molar-refractivity contribution in [3.05, 3.63) is 87.6 Å². The Bertz CT molecular complexity index is 1200. The predicted molar refractivity (Wildman–Crippen MR) is 134 cm³/mol. The molecule has 2 aromatic heterocycles. The first kappa shape index (κ1) is 21.8. The second-order valence-electron chi connectivity index (χ2n) is 8.34. The number of thiophene rings is 1. The van der Waals surface area contributed by atoms with Gasteiger partial charge in [0.1, 0.15) is 6.04 Å². The van der Waals surface area contributed by atoms with E-state index in [1.807, 2.05) is 64.9 Å². The van der Waals surface area contributed by atoms with Gasteiger partial charge in [0, 0.05) is 25.4 Å². The van der Waals surface area contributed by atoms with E-state index in [4.69, 9.17) is 4.98 Å². The summed E-state index contributed by atoms with van der Waals surface area (Å²) in [5.41, 5.74) is 2.05. The maximum Gasteiger partial charge on any atom is 0.262 e. The van der Waals surface area contributed by atoms with E-state index in [0.717, 1.165) is 28.9 Å². The zero-order valence-corrected chi connectivity index (χ0v) is 19.8. The van der Waals surface area contributed by atoms with E-state index >= 15 is 0 Å². The van der Waals surface area contributed by atoms with Gasteiger partial charge in [0.25, 0.3) is 5.91 Å². The maximum absolute atomic E-state index is 13.7. The van der Waals surface area contributed by atoms with Gasteiger partial charge in [0.05, 0.1) is 20.1 Å². The number of hydrogen-bond acceptors (Lipinski definition) is 5. The van der Waals surface area contributed by atoms with E-state index in [1.54, 1.807) is 17.4 Å². The molecule has 0 aliphatic carbocycles. The van der Waals surface area contributed by atoms with Crippen LogP contribution < -0.4 is 5.32 Å². The van der Waals surface area contributed by atoms with Crippen LogP contribution in [0.25, 0.3) is 10.2 Å². The van der Waals surface area contributed by atoms with Crippen molar-refractivity contribution in [3.63, 3.8) is 0 Å². The molecule has 1 saturated heterocycles. The number of nitrogens with zero attached hydrogens (tertiary/aromatic N) is 2. The van der Waals surface area contributed by atoms with Gasteiger partial charge in [-0.3, -0.25) is 9.59 Å². The summed E-state index contributed by atoms with van der Waals surface area (Å²) >= 11 is 3.10. The van der Waals surface area contributed by atoms with E-state index in [0.29, 0.717) is 24.4 Å². The summed E-state index contributed by atoms with van der Waals surface area (Å²) in [6.45, 7) is 1.35. The Morgan fingerprint density at radius 3 is 2.67 bits per heavy atom. The summed E-state index contributed by atoms with van der Waals surface area (Å²) in [7, 11) is 0. The van der Waals surface area contributed by atoms with Crippen LogP contribution in [-0.4, -0.2) is 40.8 Å². The van der Waals surface area contributed by atoms with Crippen LogP contribution in [0.15, 0.2) is 72.1 Å². The fourth-order valence-corrected chi connectivity index (χ4v) is 6.07. The van der Waals surface area contributed by atoms with Crippen LogP contribution in [-0.2, 0) is 11.2 Å². The number of hydrogen-bond donors (Lipinski definition) is 1. The van der Waals surface area contributed by atoms with Crippen LogP contribution >= 0.6 is 22.7 Å². The highest BCUT2D eigenvalue weighted by Gasteiger charge is 2.32. The Kier molecular flexibility index (Phi) is 6.51. The van der Waals surface area contributed by atoms with Crippen molar-refractivity contribution in [2.75, 3.05) is 13.1 Å². The summed E-state index contributed by atoms with van der Waals surface area (Å²) in [5.74, 6) is 0.0130. The number of thiazole rings is 1. The summed E-state index contributed by atoms with van der Waals surface area (Å²) in [5, 5.41) is 5.97. The lowest BCUT2D eigenvalue weighted by Gasteiger charge is -2.34. The zero-order chi connectivity index (χ0) is 22.6. The molecule has 33 heavy (non-hydrogen) atoms. The molecule has 0 spiro atoms. The monoisotopic (exact) mass is 475 g/mol. The number of piperidine rings is 1. The molecule has 2 atom stereocenters. The number of carbonyl (C=O) groups excluding carboxylic acids is 2. The second kappa shape index (κ2) is 9.85. The molecule has 3 heterocycles. The first-order chi connectivity index (χ1) is 16.2. The largest absolute Gasteiger partial charge is 0.340 e. The van der Waals surface area contributed by atoms with Crippen molar-refractivity contribution in [1.82, 2.24) is 15.2 Å². The van der Waals surface area contributed by atoms with Crippen LogP contribution in [0.1, 0.15) is 39.0 Å². The molecule has 1 N–H and O–H groups in total. The molecule has 0 saturated carbocycles. The van der Waals surface area contributed by atoms with Crippen molar-refractivity contribution < 1.29 is 9.59 Å². The number of amides is 2. The minimum atomic E-state index is -0.601. The fourth-order valence-electron chi connectivity index (χ4n) is 4.35. The summed E-state index contributed by atoms with van der Waals surface area (Å²) in [6, 6.07) is 21.1. The van der Waals surface area contributed by atoms with E-state index in [2.05, 4.69) is 11.4 Å². The van der Waals surface area contributed by atoms with Crippen LogP contribution in [0.3, 0.4) is 0 Å². The van der Waals surface area contributed by atoms with E-state index in [-0.39, 0.29) is 17.7 Å². The number of fused-ring (bicyclic) bond motifs is 1. The van der Waals surface area contributed by atoms with E-state index < -0.39 is 6.04 Å². The number of nitrogens with one attached hydrogen (secondary N) is 1.